The first-order valence-electron chi connectivity index (χ1n) is 4.68. The first kappa shape index (κ1) is 10.1. The number of thioether (sulfide) groups is 1. The van der Waals surface area contributed by atoms with Crippen molar-refractivity contribution in [3.63, 3.8) is 0 Å². The van der Waals surface area contributed by atoms with Crippen LogP contribution in [-0.4, -0.2) is 24.0 Å². The van der Waals surface area contributed by atoms with Gasteiger partial charge in [0, 0.05) is 24.1 Å². The molecular weight excluding hydrogens is 170 g/mol. The summed E-state index contributed by atoms with van der Waals surface area (Å²) in [6.07, 6.45) is 7.13. The largest absolute Gasteiger partial charge is 0.305 e. The summed E-state index contributed by atoms with van der Waals surface area (Å²) in [5.74, 6) is 1.97. The van der Waals surface area contributed by atoms with Gasteiger partial charge in [0.2, 0.25) is 0 Å². The Hall–Kier alpha value is -0.0200. The minimum absolute atomic E-state index is 0.691. The Balaban J connectivity index is 1.84. The molecule has 0 atom stereocenters. The number of rotatable bonds is 6. The van der Waals surface area contributed by atoms with Crippen LogP contribution in [0, 0.1) is 0 Å². The normalized spacial score (nSPS) is 18.3. The number of carbonyl (C=O) groups is 1. The van der Waals surface area contributed by atoms with E-state index in [9.17, 15) is 4.79 Å². The van der Waals surface area contributed by atoms with Crippen LogP contribution >= 0.6 is 11.8 Å². The van der Waals surface area contributed by atoms with Crippen LogP contribution in [0.5, 0.6) is 0 Å². The maximum Gasteiger partial charge on any atom is 0.120 e. The van der Waals surface area contributed by atoms with Crippen molar-refractivity contribution in [3.05, 3.63) is 0 Å². The third kappa shape index (κ3) is 4.12. The maximum atomic E-state index is 9.99. The Kier molecular flexibility index (Phi) is 5.44. The molecule has 1 fully saturated rings. The summed E-state index contributed by atoms with van der Waals surface area (Å²) in [5, 5.41) is 3.49. The smallest absolute Gasteiger partial charge is 0.120 e. The highest BCUT2D eigenvalue weighted by atomic mass is 32.2. The zero-order chi connectivity index (χ0) is 8.65. The van der Waals surface area contributed by atoms with Crippen LogP contribution < -0.4 is 5.32 Å². The van der Waals surface area contributed by atoms with E-state index in [1.165, 1.54) is 25.7 Å². The highest BCUT2D eigenvalue weighted by Gasteiger charge is 2.12. The van der Waals surface area contributed by atoms with Gasteiger partial charge in [-0.1, -0.05) is 12.8 Å². The summed E-state index contributed by atoms with van der Waals surface area (Å²) >= 11 is 1.82. The van der Waals surface area contributed by atoms with E-state index in [4.69, 9.17) is 0 Å². The van der Waals surface area contributed by atoms with Crippen molar-refractivity contribution in [2.45, 2.75) is 38.1 Å². The second kappa shape index (κ2) is 6.49. The second-order valence-electron chi connectivity index (χ2n) is 3.19. The zero-order valence-corrected chi connectivity index (χ0v) is 8.24. The minimum Gasteiger partial charge on any atom is -0.305 e. The molecule has 0 heterocycles. The van der Waals surface area contributed by atoms with Crippen molar-refractivity contribution >= 4 is 18.0 Å². The van der Waals surface area contributed by atoms with Gasteiger partial charge in [-0.25, -0.2) is 0 Å². The Morgan fingerprint density at radius 1 is 1.42 bits per heavy atom. The molecule has 0 radical (unpaired) electrons. The summed E-state index contributed by atoms with van der Waals surface area (Å²) in [5.41, 5.74) is 0. The Morgan fingerprint density at radius 3 is 2.83 bits per heavy atom. The lowest BCUT2D eigenvalue weighted by molar-refractivity contribution is -0.107. The average Bonchev–Trinajstić information content (AvgIpc) is 2.57. The molecule has 12 heavy (non-hydrogen) atoms. The van der Waals surface area contributed by atoms with E-state index in [2.05, 4.69) is 5.32 Å². The van der Waals surface area contributed by atoms with E-state index in [0.717, 1.165) is 24.0 Å². The quantitative estimate of drug-likeness (QED) is 0.390. The third-order valence-corrected chi connectivity index (χ3v) is 3.10. The molecule has 0 aliphatic heterocycles. The lowest BCUT2D eigenvalue weighted by Gasteiger charge is -2.10. The van der Waals surface area contributed by atoms with E-state index in [-0.39, 0.29) is 0 Å². The fourth-order valence-electron chi connectivity index (χ4n) is 1.51. The second-order valence-corrected chi connectivity index (χ2v) is 4.30. The van der Waals surface area contributed by atoms with Gasteiger partial charge in [0.25, 0.3) is 0 Å². The molecule has 1 aliphatic carbocycles. The summed E-state index contributed by atoms with van der Waals surface area (Å²) in [7, 11) is 0. The molecule has 3 heteroatoms. The standard InChI is InChI=1S/C9H17NOS/c11-6-3-7-12-8-10-9-4-1-2-5-9/h6,9-10H,1-5,7-8H2. The van der Waals surface area contributed by atoms with Crippen LogP contribution in [-0.2, 0) is 4.79 Å². The van der Waals surface area contributed by atoms with Crippen molar-refractivity contribution in [1.82, 2.24) is 5.32 Å². The molecule has 0 aromatic heterocycles. The van der Waals surface area contributed by atoms with Gasteiger partial charge in [0.1, 0.15) is 6.29 Å². The zero-order valence-electron chi connectivity index (χ0n) is 7.42. The molecule has 70 valence electrons. The maximum absolute atomic E-state index is 9.99. The molecule has 0 saturated heterocycles. The van der Waals surface area contributed by atoms with Gasteiger partial charge in [-0.3, -0.25) is 0 Å². The van der Waals surface area contributed by atoms with Crippen molar-refractivity contribution in [2.24, 2.45) is 0 Å². The first-order chi connectivity index (χ1) is 5.93. The van der Waals surface area contributed by atoms with Crippen molar-refractivity contribution < 1.29 is 4.79 Å². The van der Waals surface area contributed by atoms with Gasteiger partial charge < -0.3 is 10.1 Å². The van der Waals surface area contributed by atoms with Gasteiger partial charge >= 0.3 is 0 Å². The topological polar surface area (TPSA) is 29.1 Å². The predicted molar refractivity (Wildman–Crippen MR) is 53.4 cm³/mol. The Labute approximate surface area is 78.5 Å². The van der Waals surface area contributed by atoms with E-state index < -0.39 is 0 Å². The molecule has 0 unspecified atom stereocenters. The van der Waals surface area contributed by atoms with Crippen LogP contribution in [0.15, 0.2) is 0 Å². The van der Waals surface area contributed by atoms with Gasteiger partial charge in [0.05, 0.1) is 0 Å². The highest BCUT2D eigenvalue weighted by Crippen LogP contribution is 2.17. The third-order valence-electron chi connectivity index (χ3n) is 2.21. The minimum atomic E-state index is 0.691. The summed E-state index contributed by atoms with van der Waals surface area (Å²) < 4.78 is 0. The number of hydrogen-bond acceptors (Lipinski definition) is 3. The van der Waals surface area contributed by atoms with Crippen LogP contribution in [0.1, 0.15) is 32.1 Å². The van der Waals surface area contributed by atoms with Crippen LogP contribution in [0.2, 0.25) is 0 Å². The average molecular weight is 187 g/mol. The molecule has 0 aromatic carbocycles. The van der Waals surface area contributed by atoms with Gasteiger partial charge in [-0.2, -0.15) is 0 Å². The molecule has 0 bridgehead atoms. The molecule has 0 spiro atoms. The molecule has 1 aliphatic rings. The SMILES string of the molecule is O=CCCSCNC1CCCC1. The molecule has 1 N–H and O–H groups in total. The number of nitrogens with one attached hydrogen (secondary N) is 1. The van der Waals surface area contributed by atoms with Crippen LogP contribution in [0.4, 0.5) is 0 Å². The highest BCUT2D eigenvalue weighted by molar-refractivity contribution is 7.99. The van der Waals surface area contributed by atoms with Crippen molar-refractivity contribution in [3.8, 4) is 0 Å². The fourth-order valence-corrected chi connectivity index (χ4v) is 2.27. The number of carbonyl (C=O) groups excluding carboxylic acids is 1. The Morgan fingerprint density at radius 2 is 2.17 bits per heavy atom. The van der Waals surface area contributed by atoms with Crippen LogP contribution in [0.25, 0.3) is 0 Å². The van der Waals surface area contributed by atoms with Crippen molar-refractivity contribution in [1.29, 1.82) is 0 Å². The van der Waals surface area contributed by atoms with Crippen LogP contribution in [0.3, 0.4) is 0 Å². The summed E-state index contributed by atoms with van der Waals surface area (Å²) in [6, 6.07) is 0.758. The molecule has 1 rings (SSSR count). The van der Waals surface area contributed by atoms with E-state index >= 15 is 0 Å². The Bertz CT molecular complexity index is 124. The van der Waals surface area contributed by atoms with Gasteiger partial charge in [-0.15, -0.1) is 11.8 Å². The monoisotopic (exact) mass is 187 g/mol. The van der Waals surface area contributed by atoms with Gasteiger partial charge in [0.15, 0.2) is 0 Å². The lowest BCUT2D eigenvalue weighted by Crippen LogP contribution is -2.25. The fraction of sp³-hybridized carbons (Fsp3) is 0.889. The first-order valence-corrected chi connectivity index (χ1v) is 5.83. The summed E-state index contributed by atoms with van der Waals surface area (Å²) in [4.78, 5) is 9.99. The molecule has 0 aromatic rings. The van der Waals surface area contributed by atoms with E-state index in [1.807, 2.05) is 11.8 Å². The predicted octanol–water partition coefficient (Wildman–Crippen LogP) is 1.80. The van der Waals surface area contributed by atoms with E-state index in [0.29, 0.717) is 6.42 Å². The molecule has 1 saturated carbocycles. The number of aldehydes is 1. The molecule has 2 nitrogen and oxygen atoms in total. The van der Waals surface area contributed by atoms with E-state index in [1.54, 1.807) is 0 Å². The molecule has 0 amide bonds. The van der Waals surface area contributed by atoms with Gasteiger partial charge in [-0.05, 0) is 12.8 Å². The van der Waals surface area contributed by atoms with Crippen molar-refractivity contribution in [2.75, 3.05) is 11.6 Å². The summed E-state index contributed by atoms with van der Waals surface area (Å²) in [6.45, 7) is 0. The molecular formula is C9H17NOS. The number of hydrogen-bond donors (Lipinski definition) is 1. The lowest BCUT2D eigenvalue weighted by atomic mass is 10.3.